The Morgan fingerprint density at radius 1 is 1.67 bits per heavy atom. The van der Waals surface area contributed by atoms with Gasteiger partial charge in [-0.2, -0.15) is 0 Å². The van der Waals surface area contributed by atoms with E-state index in [1.165, 1.54) is 4.88 Å². The fourth-order valence-electron chi connectivity index (χ4n) is 0.982. The van der Waals surface area contributed by atoms with Crippen molar-refractivity contribution in [1.82, 2.24) is 0 Å². The van der Waals surface area contributed by atoms with Crippen molar-refractivity contribution in [1.29, 1.82) is 0 Å². The van der Waals surface area contributed by atoms with Crippen LogP contribution in [0.5, 0.6) is 0 Å². The van der Waals surface area contributed by atoms with Crippen LogP contribution in [0, 0.1) is 0 Å². The highest BCUT2D eigenvalue weighted by molar-refractivity contribution is 7.09. The maximum absolute atomic E-state index is 10.4. The van der Waals surface area contributed by atoms with Gasteiger partial charge in [-0.15, -0.1) is 11.3 Å². The molecule has 4 heteroatoms. The molecule has 0 radical (unpaired) electrons. The second-order valence-corrected chi connectivity index (χ2v) is 4.13. The normalized spacial score (nSPS) is 11.7. The molecule has 0 amide bonds. The minimum Gasteiger partial charge on any atom is -0.478 e. The van der Waals surface area contributed by atoms with E-state index in [9.17, 15) is 4.79 Å². The number of rotatable bonds is 6. The quantitative estimate of drug-likeness (QED) is 0.598. The molecule has 1 heterocycles. The zero-order valence-corrected chi connectivity index (χ0v) is 9.42. The van der Waals surface area contributed by atoms with E-state index in [2.05, 4.69) is 6.07 Å². The summed E-state index contributed by atoms with van der Waals surface area (Å²) in [6.45, 7) is 2.55. The van der Waals surface area contributed by atoms with Crippen molar-refractivity contribution in [2.75, 3.05) is 13.2 Å². The molecule has 0 aliphatic carbocycles. The highest BCUT2D eigenvalue weighted by Crippen LogP contribution is 2.08. The summed E-state index contributed by atoms with van der Waals surface area (Å²) in [5.74, 6) is -0.892. The van der Waals surface area contributed by atoms with Gasteiger partial charge < -0.3 is 9.84 Å². The van der Waals surface area contributed by atoms with E-state index in [-0.39, 0.29) is 0 Å². The number of aliphatic carboxylic acids is 1. The Morgan fingerprint density at radius 2 is 2.47 bits per heavy atom. The highest BCUT2D eigenvalue weighted by atomic mass is 32.1. The first-order valence-electron chi connectivity index (χ1n) is 4.70. The van der Waals surface area contributed by atoms with E-state index in [1.807, 2.05) is 11.4 Å². The molecule has 0 saturated carbocycles. The fourth-order valence-corrected chi connectivity index (χ4v) is 1.67. The summed E-state index contributed by atoms with van der Waals surface area (Å²) in [4.78, 5) is 11.7. The molecule has 1 aromatic heterocycles. The number of carbonyl (C=O) groups is 1. The van der Waals surface area contributed by atoms with E-state index in [4.69, 9.17) is 9.84 Å². The molecule has 82 valence electrons. The minimum atomic E-state index is -0.892. The molecule has 0 aliphatic rings. The Labute approximate surface area is 93.0 Å². The van der Waals surface area contributed by atoms with Gasteiger partial charge in [0.1, 0.15) is 0 Å². The summed E-state index contributed by atoms with van der Waals surface area (Å²) in [6.07, 6.45) is 2.47. The Hall–Kier alpha value is -1.13. The van der Waals surface area contributed by atoms with Gasteiger partial charge in [-0.3, -0.25) is 0 Å². The molecule has 1 rings (SSSR count). The number of carboxylic acids is 1. The van der Waals surface area contributed by atoms with E-state index < -0.39 is 5.97 Å². The molecule has 0 bridgehead atoms. The SMILES string of the molecule is CC(=CCOCCc1cccs1)C(=O)O. The standard InChI is InChI=1S/C11H14O3S/c1-9(11(12)13)4-6-14-7-5-10-3-2-8-15-10/h2-4,8H,5-7H2,1H3,(H,12,13). The fraction of sp³-hybridized carbons (Fsp3) is 0.364. The van der Waals surface area contributed by atoms with E-state index >= 15 is 0 Å². The molecule has 0 spiro atoms. The topological polar surface area (TPSA) is 46.5 Å². The van der Waals surface area contributed by atoms with Crippen LogP contribution in [0.15, 0.2) is 29.2 Å². The van der Waals surface area contributed by atoms with Crippen LogP contribution in [0.3, 0.4) is 0 Å². The molecule has 0 fully saturated rings. The predicted molar refractivity (Wildman–Crippen MR) is 60.2 cm³/mol. The van der Waals surface area contributed by atoms with Gasteiger partial charge in [0, 0.05) is 16.9 Å². The Kier molecular flexibility index (Phi) is 5.07. The zero-order valence-electron chi connectivity index (χ0n) is 8.60. The van der Waals surface area contributed by atoms with Gasteiger partial charge in [0.2, 0.25) is 0 Å². The second kappa shape index (κ2) is 6.37. The van der Waals surface area contributed by atoms with Crippen molar-refractivity contribution < 1.29 is 14.6 Å². The summed E-state index contributed by atoms with van der Waals surface area (Å²) in [5.41, 5.74) is 0.325. The molecule has 1 N–H and O–H groups in total. The molecule has 0 atom stereocenters. The van der Waals surface area contributed by atoms with Gasteiger partial charge in [0.15, 0.2) is 0 Å². The molecular formula is C11H14O3S. The van der Waals surface area contributed by atoms with Crippen molar-refractivity contribution in [2.24, 2.45) is 0 Å². The third-order valence-corrected chi connectivity index (χ3v) is 2.85. The van der Waals surface area contributed by atoms with Crippen LogP contribution in [0.4, 0.5) is 0 Å². The molecule has 15 heavy (non-hydrogen) atoms. The molecule has 0 saturated heterocycles. The summed E-state index contributed by atoms with van der Waals surface area (Å²) in [5, 5.41) is 10.6. The number of hydrogen-bond acceptors (Lipinski definition) is 3. The van der Waals surface area contributed by atoms with Crippen LogP contribution < -0.4 is 0 Å². The first kappa shape index (κ1) is 11.9. The molecule has 0 aromatic carbocycles. The van der Waals surface area contributed by atoms with Crippen LogP contribution in [0.2, 0.25) is 0 Å². The summed E-state index contributed by atoms with van der Waals surface area (Å²) >= 11 is 1.70. The largest absolute Gasteiger partial charge is 0.478 e. The Bertz CT molecular complexity index is 328. The minimum absolute atomic E-state index is 0.325. The molecule has 0 aliphatic heterocycles. The molecule has 3 nitrogen and oxygen atoms in total. The number of thiophene rings is 1. The lowest BCUT2D eigenvalue weighted by atomic mass is 10.3. The molecular weight excluding hydrogens is 212 g/mol. The van der Waals surface area contributed by atoms with Gasteiger partial charge in [-0.05, 0) is 24.4 Å². The van der Waals surface area contributed by atoms with Crippen LogP contribution in [-0.4, -0.2) is 24.3 Å². The van der Waals surface area contributed by atoms with Gasteiger partial charge in [0.25, 0.3) is 0 Å². The van der Waals surface area contributed by atoms with Crippen molar-refractivity contribution >= 4 is 17.3 Å². The van der Waals surface area contributed by atoms with Gasteiger partial charge in [-0.1, -0.05) is 6.07 Å². The smallest absolute Gasteiger partial charge is 0.331 e. The van der Waals surface area contributed by atoms with E-state index in [0.29, 0.717) is 18.8 Å². The van der Waals surface area contributed by atoms with Crippen LogP contribution in [-0.2, 0) is 16.0 Å². The zero-order chi connectivity index (χ0) is 11.1. The van der Waals surface area contributed by atoms with Crippen LogP contribution >= 0.6 is 11.3 Å². The Balaban J connectivity index is 2.12. The lowest BCUT2D eigenvalue weighted by molar-refractivity contribution is -0.132. The average Bonchev–Trinajstić information content (AvgIpc) is 2.69. The lowest BCUT2D eigenvalue weighted by Gasteiger charge is -1.99. The third-order valence-electron chi connectivity index (χ3n) is 1.92. The first-order valence-corrected chi connectivity index (χ1v) is 5.58. The average molecular weight is 226 g/mol. The summed E-state index contributed by atoms with van der Waals surface area (Å²) in [6, 6.07) is 4.07. The highest BCUT2D eigenvalue weighted by Gasteiger charge is 1.98. The van der Waals surface area contributed by atoms with E-state index in [0.717, 1.165) is 6.42 Å². The van der Waals surface area contributed by atoms with Crippen LogP contribution in [0.25, 0.3) is 0 Å². The van der Waals surface area contributed by atoms with Crippen molar-refractivity contribution in [3.05, 3.63) is 34.0 Å². The second-order valence-electron chi connectivity index (χ2n) is 3.10. The summed E-state index contributed by atoms with van der Waals surface area (Å²) in [7, 11) is 0. The number of hydrogen-bond donors (Lipinski definition) is 1. The van der Waals surface area contributed by atoms with Crippen molar-refractivity contribution in [3.8, 4) is 0 Å². The van der Waals surface area contributed by atoms with Gasteiger partial charge in [-0.25, -0.2) is 4.79 Å². The maximum atomic E-state index is 10.4. The van der Waals surface area contributed by atoms with Crippen molar-refractivity contribution in [2.45, 2.75) is 13.3 Å². The lowest BCUT2D eigenvalue weighted by Crippen LogP contribution is -2.01. The van der Waals surface area contributed by atoms with Gasteiger partial charge in [0.05, 0.1) is 13.2 Å². The maximum Gasteiger partial charge on any atom is 0.331 e. The van der Waals surface area contributed by atoms with E-state index in [1.54, 1.807) is 24.3 Å². The Morgan fingerprint density at radius 3 is 3.07 bits per heavy atom. The number of ether oxygens (including phenoxy) is 1. The molecule has 1 aromatic rings. The third kappa shape index (κ3) is 4.76. The summed E-state index contributed by atoms with van der Waals surface area (Å²) < 4.78 is 5.29. The molecule has 0 unspecified atom stereocenters. The van der Waals surface area contributed by atoms with Crippen LogP contribution in [0.1, 0.15) is 11.8 Å². The predicted octanol–water partition coefficient (Wildman–Crippen LogP) is 2.34. The van der Waals surface area contributed by atoms with Crippen molar-refractivity contribution in [3.63, 3.8) is 0 Å². The van der Waals surface area contributed by atoms with Gasteiger partial charge >= 0.3 is 5.97 Å². The number of carboxylic acid groups (broad SMARTS) is 1. The monoisotopic (exact) mass is 226 g/mol. The first-order chi connectivity index (χ1) is 7.20.